The maximum atomic E-state index is 12.4. The van der Waals surface area contributed by atoms with Crippen molar-refractivity contribution in [2.45, 2.75) is 19.4 Å². The highest BCUT2D eigenvalue weighted by Crippen LogP contribution is 2.14. The number of aromatic nitrogens is 1. The number of piperazine rings is 1. The Hall–Kier alpha value is -2.44. The van der Waals surface area contributed by atoms with Gasteiger partial charge in [0.15, 0.2) is 0 Å². The Morgan fingerprint density at radius 2 is 2.25 bits per heavy atom. The van der Waals surface area contributed by atoms with Crippen molar-refractivity contribution in [3.05, 3.63) is 29.6 Å². The van der Waals surface area contributed by atoms with Crippen LogP contribution in [0.3, 0.4) is 0 Å². The summed E-state index contributed by atoms with van der Waals surface area (Å²) in [7, 11) is 0. The maximum Gasteiger partial charge on any atom is 0.305 e. The number of nitrogens with one attached hydrogen (secondary N) is 1. The molecule has 1 aliphatic heterocycles. The smallest absolute Gasteiger partial charge is 0.305 e. The number of hydrogen-bond acceptors (Lipinski definition) is 4. The van der Waals surface area contributed by atoms with Gasteiger partial charge < -0.3 is 15.3 Å². The lowest BCUT2D eigenvalue weighted by Gasteiger charge is -2.34. The van der Waals surface area contributed by atoms with Crippen molar-refractivity contribution in [2.24, 2.45) is 0 Å². The Bertz CT molecular complexity index is 541. The summed E-state index contributed by atoms with van der Waals surface area (Å²) in [6, 6.07) is 2.34. The molecule has 0 aliphatic carbocycles. The molecule has 0 radical (unpaired) electrons. The van der Waals surface area contributed by atoms with Gasteiger partial charge in [-0.3, -0.25) is 19.4 Å². The van der Waals surface area contributed by atoms with E-state index in [2.05, 4.69) is 10.3 Å². The zero-order chi connectivity index (χ0) is 14.7. The number of aryl methyl sites for hydroxylation is 1. The van der Waals surface area contributed by atoms with Crippen LogP contribution in [0.25, 0.3) is 0 Å². The topological polar surface area (TPSA) is 99.6 Å². The van der Waals surface area contributed by atoms with Gasteiger partial charge in [0.2, 0.25) is 5.91 Å². The molecule has 7 heteroatoms. The molecule has 1 aliphatic rings. The molecule has 2 rings (SSSR count). The first-order valence-electron chi connectivity index (χ1n) is 6.22. The number of nitrogens with zero attached hydrogens (tertiary/aromatic N) is 2. The van der Waals surface area contributed by atoms with E-state index in [1.54, 1.807) is 19.1 Å². The molecule has 2 heterocycles. The summed E-state index contributed by atoms with van der Waals surface area (Å²) in [5.41, 5.74) is 1.13. The summed E-state index contributed by atoms with van der Waals surface area (Å²) in [6.07, 6.45) is 1.03. The molecule has 1 fully saturated rings. The van der Waals surface area contributed by atoms with E-state index in [1.807, 2.05) is 0 Å². The van der Waals surface area contributed by atoms with Crippen LogP contribution in [0.4, 0.5) is 0 Å². The first-order valence-corrected chi connectivity index (χ1v) is 6.22. The molecule has 2 N–H and O–H groups in total. The number of aliphatic carboxylic acids is 1. The summed E-state index contributed by atoms with van der Waals surface area (Å²) < 4.78 is 0. The lowest BCUT2D eigenvalue weighted by Crippen LogP contribution is -2.57. The van der Waals surface area contributed by atoms with E-state index in [4.69, 9.17) is 5.11 Å². The molecule has 2 amide bonds. The minimum Gasteiger partial charge on any atom is -0.481 e. The second-order valence-electron chi connectivity index (χ2n) is 4.59. The molecule has 7 nitrogen and oxygen atoms in total. The second kappa shape index (κ2) is 5.68. The number of carbonyl (C=O) groups is 3. The minimum atomic E-state index is -1.12. The second-order valence-corrected chi connectivity index (χ2v) is 4.59. The molecule has 1 unspecified atom stereocenters. The van der Waals surface area contributed by atoms with Crippen molar-refractivity contribution in [1.82, 2.24) is 15.2 Å². The molecule has 0 saturated carbocycles. The highest BCUT2D eigenvalue weighted by Gasteiger charge is 2.35. The van der Waals surface area contributed by atoms with E-state index < -0.39 is 24.3 Å². The Kier molecular flexibility index (Phi) is 3.97. The summed E-state index contributed by atoms with van der Waals surface area (Å²) in [5.74, 6) is -1.93. The number of amides is 2. The van der Waals surface area contributed by atoms with Gasteiger partial charge in [-0.1, -0.05) is 0 Å². The van der Waals surface area contributed by atoms with Gasteiger partial charge in [-0.05, 0) is 19.1 Å². The first-order chi connectivity index (χ1) is 9.49. The van der Waals surface area contributed by atoms with E-state index in [0.717, 1.165) is 5.69 Å². The number of pyridine rings is 1. The van der Waals surface area contributed by atoms with Gasteiger partial charge in [0.05, 0.1) is 12.0 Å². The summed E-state index contributed by atoms with van der Waals surface area (Å²) in [6.45, 7) is 2.41. The third-order valence-corrected chi connectivity index (χ3v) is 3.12. The lowest BCUT2D eigenvalue weighted by molar-refractivity contribution is -0.142. The molecule has 1 saturated heterocycles. The normalized spacial score (nSPS) is 18.6. The molecule has 0 aromatic carbocycles. The average molecular weight is 277 g/mol. The highest BCUT2D eigenvalue weighted by molar-refractivity contribution is 5.99. The van der Waals surface area contributed by atoms with E-state index in [0.29, 0.717) is 12.1 Å². The van der Waals surface area contributed by atoms with Crippen LogP contribution in [0.15, 0.2) is 18.3 Å². The highest BCUT2D eigenvalue weighted by atomic mass is 16.4. The van der Waals surface area contributed by atoms with Gasteiger partial charge in [-0.15, -0.1) is 0 Å². The number of carbonyl (C=O) groups excluding carboxylic acids is 2. The molecule has 106 valence electrons. The number of hydrogen-bond donors (Lipinski definition) is 2. The predicted octanol–water partition coefficient (Wildman–Crippen LogP) is -0.195. The summed E-state index contributed by atoms with van der Waals surface area (Å²) in [4.78, 5) is 40.3. The van der Waals surface area contributed by atoms with E-state index in [1.165, 1.54) is 11.1 Å². The molecule has 0 bridgehead atoms. The van der Waals surface area contributed by atoms with Crippen molar-refractivity contribution in [1.29, 1.82) is 0 Å². The quantitative estimate of drug-likeness (QED) is 0.797. The van der Waals surface area contributed by atoms with E-state index in [9.17, 15) is 14.4 Å². The van der Waals surface area contributed by atoms with Crippen molar-refractivity contribution >= 4 is 17.8 Å². The lowest BCUT2D eigenvalue weighted by atomic mass is 10.1. The standard InChI is InChI=1S/C13H15N3O4/c1-8-2-3-9(7-15-8)13(20)16-5-4-14-12(19)10(16)6-11(17)18/h2-3,7,10H,4-6H2,1H3,(H,14,19)(H,17,18). The van der Waals surface area contributed by atoms with Crippen LogP contribution in [-0.4, -0.2) is 51.9 Å². The third kappa shape index (κ3) is 2.93. The summed E-state index contributed by atoms with van der Waals surface area (Å²) >= 11 is 0. The largest absolute Gasteiger partial charge is 0.481 e. The third-order valence-electron chi connectivity index (χ3n) is 3.12. The molecule has 1 atom stereocenters. The Morgan fingerprint density at radius 3 is 2.85 bits per heavy atom. The van der Waals surface area contributed by atoms with Crippen molar-refractivity contribution in [3.63, 3.8) is 0 Å². The Morgan fingerprint density at radius 1 is 1.50 bits per heavy atom. The van der Waals surface area contributed by atoms with Gasteiger partial charge in [0.25, 0.3) is 5.91 Å². The van der Waals surface area contributed by atoms with E-state index in [-0.39, 0.29) is 12.5 Å². The van der Waals surface area contributed by atoms with Gasteiger partial charge in [-0.25, -0.2) is 0 Å². The number of carboxylic acid groups (broad SMARTS) is 1. The first kappa shape index (κ1) is 14.0. The fourth-order valence-corrected chi connectivity index (χ4v) is 2.09. The molecular weight excluding hydrogens is 262 g/mol. The zero-order valence-electron chi connectivity index (χ0n) is 11.0. The summed E-state index contributed by atoms with van der Waals surface area (Å²) in [5, 5.41) is 11.4. The van der Waals surface area contributed by atoms with Crippen LogP contribution in [-0.2, 0) is 9.59 Å². The van der Waals surface area contributed by atoms with E-state index >= 15 is 0 Å². The fraction of sp³-hybridized carbons (Fsp3) is 0.385. The Balaban J connectivity index is 2.23. The molecule has 20 heavy (non-hydrogen) atoms. The van der Waals surface area contributed by atoms with Crippen LogP contribution in [0.2, 0.25) is 0 Å². The van der Waals surface area contributed by atoms with Crippen LogP contribution in [0.1, 0.15) is 22.5 Å². The van der Waals surface area contributed by atoms with Gasteiger partial charge in [0, 0.05) is 25.0 Å². The van der Waals surface area contributed by atoms with Crippen molar-refractivity contribution in [3.8, 4) is 0 Å². The predicted molar refractivity (Wildman–Crippen MR) is 69.1 cm³/mol. The van der Waals surface area contributed by atoms with Crippen molar-refractivity contribution < 1.29 is 19.5 Å². The minimum absolute atomic E-state index is 0.288. The van der Waals surface area contributed by atoms with Gasteiger partial charge in [0.1, 0.15) is 6.04 Å². The fourth-order valence-electron chi connectivity index (χ4n) is 2.09. The number of carboxylic acids is 1. The maximum absolute atomic E-state index is 12.4. The average Bonchev–Trinajstić information content (AvgIpc) is 2.41. The molecule has 1 aromatic heterocycles. The molecular formula is C13H15N3O4. The monoisotopic (exact) mass is 277 g/mol. The van der Waals surface area contributed by atoms with Crippen LogP contribution < -0.4 is 5.32 Å². The van der Waals surface area contributed by atoms with Crippen molar-refractivity contribution in [2.75, 3.05) is 13.1 Å². The van der Waals surface area contributed by atoms with Gasteiger partial charge in [-0.2, -0.15) is 0 Å². The molecule has 0 spiro atoms. The van der Waals surface area contributed by atoms with Crippen LogP contribution >= 0.6 is 0 Å². The molecule has 1 aromatic rings. The number of rotatable bonds is 3. The Labute approximate surface area is 115 Å². The van der Waals surface area contributed by atoms with Crippen LogP contribution in [0, 0.1) is 6.92 Å². The SMILES string of the molecule is Cc1ccc(C(=O)N2CCNC(=O)C2CC(=O)O)cn1. The zero-order valence-corrected chi connectivity index (χ0v) is 11.0. The van der Waals surface area contributed by atoms with Gasteiger partial charge >= 0.3 is 5.97 Å². The van der Waals surface area contributed by atoms with Crippen LogP contribution in [0.5, 0.6) is 0 Å².